The highest BCUT2D eigenvalue weighted by atomic mass is 35.5. The Morgan fingerprint density at radius 2 is 1.91 bits per heavy atom. The Morgan fingerprint density at radius 3 is 2.57 bits per heavy atom. The van der Waals surface area contributed by atoms with E-state index in [1.807, 2.05) is 13.8 Å². The lowest BCUT2D eigenvalue weighted by Crippen LogP contribution is -2.69. The molecule has 0 spiro atoms. The summed E-state index contributed by atoms with van der Waals surface area (Å²) in [6, 6.07) is 6.32. The van der Waals surface area contributed by atoms with Crippen molar-refractivity contribution in [3.05, 3.63) is 47.0 Å². The van der Waals surface area contributed by atoms with Crippen LogP contribution in [0.3, 0.4) is 0 Å². The van der Waals surface area contributed by atoms with Gasteiger partial charge in [-0.15, -0.1) is 4.89 Å². The lowest BCUT2D eigenvalue weighted by molar-refractivity contribution is -0.415. The van der Waals surface area contributed by atoms with E-state index in [1.165, 1.54) is 0 Å². The molecule has 2 atom stereocenters. The van der Waals surface area contributed by atoms with Gasteiger partial charge in [0.2, 0.25) is 0 Å². The molecule has 2 heterocycles. The second-order valence-electron chi connectivity index (χ2n) is 6.20. The van der Waals surface area contributed by atoms with Crippen LogP contribution < -0.4 is 5.32 Å². The third-order valence-corrected chi connectivity index (χ3v) is 4.06. The molecule has 0 amide bonds. The van der Waals surface area contributed by atoms with Crippen LogP contribution in [0.4, 0.5) is 0 Å². The van der Waals surface area contributed by atoms with Gasteiger partial charge in [0, 0.05) is 28.3 Å². The number of halogens is 1. The zero-order chi connectivity index (χ0) is 16.7. The molecule has 6 nitrogen and oxygen atoms in total. The van der Waals surface area contributed by atoms with Crippen molar-refractivity contribution in [1.82, 2.24) is 5.32 Å². The molecule has 122 valence electrons. The van der Waals surface area contributed by atoms with Crippen LogP contribution in [0.15, 0.2) is 36.4 Å². The third-order valence-electron chi connectivity index (χ3n) is 3.82. The molecule has 0 unspecified atom stereocenters. The minimum absolute atomic E-state index is 0.145. The number of cyclic esters (lactones) is 1. The first kappa shape index (κ1) is 16.0. The molecule has 3 rings (SSSR count). The van der Waals surface area contributed by atoms with Crippen molar-refractivity contribution in [3.63, 3.8) is 0 Å². The summed E-state index contributed by atoms with van der Waals surface area (Å²) >= 11 is 6.05. The van der Waals surface area contributed by atoms with Gasteiger partial charge in [0.05, 0.1) is 6.04 Å². The van der Waals surface area contributed by atoms with Gasteiger partial charge in [-0.25, -0.2) is 9.59 Å². The number of hydrogen-bond acceptors (Lipinski definition) is 6. The second kappa shape index (κ2) is 5.63. The lowest BCUT2D eigenvalue weighted by atomic mass is 9.78. The predicted octanol–water partition coefficient (Wildman–Crippen LogP) is 2.22. The van der Waals surface area contributed by atoms with E-state index in [2.05, 4.69) is 5.32 Å². The number of esters is 1. The summed E-state index contributed by atoms with van der Waals surface area (Å²) in [7, 11) is 0. The minimum atomic E-state index is -1.60. The summed E-state index contributed by atoms with van der Waals surface area (Å²) in [5.74, 6) is -3.09. The van der Waals surface area contributed by atoms with Crippen LogP contribution in [0.1, 0.15) is 25.8 Å². The highest BCUT2D eigenvalue weighted by Gasteiger charge is 2.56. The fourth-order valence-electron chi connectivity index (χ4n) is 2.80. The van der Waals surface area contributed by atoms with E-state index in [9.17, 15) is 9.59 Å². The Kier molecular flexibility index (Phi) is 3.91. The average Bonchev–Trinajstić information content (AvgIpc) is 2.45. The Bertz CT molecular complexity index is 679. The normalized spacial score (nSPS) is 31.2. The molecule has 1 N–H and O–H groups in total. The molecule has 0 aromatic heterocycles. The highest BCUT2D eigenvalue weighted by Crippen LogP contribution is 2.42. The molecule has 7 heteroatoms. The van der Waals surface area contributed by atoms with Gasteiger partial charge in [0.25, 0.3) is 5.79 Å². The van der Waals surface area contributed by atoms with E-state index in [1.54, 1.807) is 24.3 Å². The molecule has 0 aliphatic carbocycles. The minimum Gasteiger partial charge on any atom is -0.420 e. The first-order valence-corrected chi connectivity index (χ1v) is 7.53. The summed E-state index contributed by atoms with van der Waals surface area (Å²) in [5, 5.41) is 3.72. The quantitative estimate of drug-likeness (QED) is 0.659. The van der Waals surface area contributed by atoms with Crippen molar-refractivity contribution in [3.8, 4) is 0 Å². The van der Waals surface area contributed by atoms with E-state index in [0.29, 0.717) is 17.0 Å². The fraction of sp³-hybridized carbons (Fsp3) is 0.375. The molecule has 23 heavy (non-hydrogen) atoms. The topological polar surface area (TPSA) is 73.9 Å². The van der Waals surface area contributed by atoms with Crippen LogP contribution in [0, 0.1) is 0 Å². The first-order valence-electron chi connectivity index (χ1n) is 7.15. The largest absolute Gasteiger partial charge is 0.420 e. The molecule has 1 aromatic rings. The Morgan fingerprint density at radius 1 is 1.22 bits per heavy atom. The van der Waals surface area contributed by atoms with E-state index in [0.717, 1.165) is 12.2 Å². The van der Waals surface area contributed by atoms with E-state index in [-0.39, 0.29) is 11.6 Å². The highest BCUT2D eigenvalue weighted by molar-refractivity contribution is 6.30. The maximum atomic E-state index is 12.0. The van der Waals surface area contributed by atoms with Crippen LogP contribution in [0.2, 0.25) is 5.02 Å². The zero-order valence-corrected chi connectivity index (χ0v) is 13.4. The van der Waals surface area contributed by atoms with Gasteiger partial charge in [0.15, 0.2) is 0 Å². The van der Waals surface area contributed by atoms with Gasteiger partial charge < -0.3 is 10.1 Å². The molecule has 0 radical (unpaired) electrons. The monoisotopic (exact) mass is 337 g/mol. The van der Waals surface area contributed by atoms with Crippen LogP contribution >= 0.6 is 11.6 Å². The standard InChI is InChI=1S/C16H16ClNO5/c1-15(2)9-12(18-15)16(10-4-3-5-11(17)8-10)21-13(19)6-7-14(20)22-23-16/h3-8,12,18H,9H2,1-2H3/b7-6-/t12-,16+/m0/s1. The Hall–Kier alpha value is -1.89. The van der Waals surface area contributed by atoms with E-state index < -0.39 is 17.7 Å². The smallest absolute Gasteiger partial charge is 0.366 e. The number of nitrogens with one attached hydrogen (secondary N) is 1. The number of hydrogen-bond donors (Lipinski definition) is 1. The lowest BCUT2D eigenvalue weighted by Gasteiger charge is -2.51. The van der Waals surface area contributed by atoms with Crippen molar-refractivity contribution in [1.29, 1.82) is 0 Å². The summed E-state index contributed by atoms with van der Waals surface area (Å²) in [4.78, 5) is 33.6. The van der Waals surface area contributed by atoms with Gasteiger partial charge >= 0.3 is 11.9 Å². The number of ether oxygens (including phenoxy) is 1. The van der Waals surface area contributed by atoms with Gasteiger partial charge in [-0.3, -0.25) is 4.89 Å². The van der Waals surface area contributed by atoms with Gasteiger partial charge in [-0.2, -0.15) is 0 Å². The van der Waals surface area contributed by atoms with Crippen LogP contribution in [0.25, 0.3) is 0 Å². The van der Waals surface area contributed by atoms with Crippen molar-refractivity contribution in [2.24, 2.45) is 0 Å². The fourth-order valence-corrected chi connectivity index (χ4v) is 2.99. The molecule has 0 bridgehead atoms. The van der Waals surface area contributed by atoms with Crippen LogP contribution in [0.5, 0.6) is 0 Å². The second-order valence-corrected chi connectivity index (χ2v) is 6.64. The molecule has 1 fully saturated rings. The number of benzene rings is 1. The molecular formula is C16H16ClNO5. The SMILES string of the molecule is CC1(C)C[C@@H]([C@@]2(c3cccc(Cl)c3)OOC(=O)/C=C\C(=O)O2)N1. The first-order chi connectivity index (χ1) is 10.8. The summed E-state index contributed by atoms with van der Waals surface area (Å²) in [6.45, 7) is 4.01. The maximum absolute atomic E-state index is 12.0. The van der Waals surface area contributed by atoms with Crippen LogP contribution in [-0.4, -0.2) is 23.5 Å². The molecule has 2 aliphatic rings. The van der Waals surface area contributed by atoms with Gasteiger partial charge in [-0.1, -0.05) is 23.7 Å². The number of carbonyl (C=O) groups excluding carboxylic acids is 2. The average molecular weight is 338 g/mol. The zero-order valence-electron chi connectivity index (χ0n) is 12.7. The summed E-state index contributed by atoms with van der Waals surface area (Å²) in [6.07, 6.45) is 2.60. The van der Waals surface area contributed by atoms with Gasteiger partial charge in [0.1, 0.15) is 0 Å². The summed E-state index contributed by atoms with van der Waals surface area (Å²) in [5.41, 5.74) is 0.336. The molecule has 1 saturated heterocycles. The van der Waals surface area contributed by atoms with E-state index >= 15 is 0 Å². The molecule has 1 aromatic carbocycles. The molecule has 2 aliphatic heterocycles. The van der Waals surface area contributed by atoms with E-state index in [4.69, 9.17) is 26.1 Å². The third kappa shape index (κ3) is 3.10. The Balaban J connectivity index is 2.04. The Labute approximate surface area is 138 Å². The van der Waals surface area contributed by atoms with Crippen molar-refractivity contribution in [2.75, 3.05) is 0 Å². The van der Waals surface area contributed by atoms with Crippen LogP contribution in [-0.2, 0) is 29.9 Å². The maximum Gasteiger partial charge on any atom is 0.366 e. The number of rotatable bonds is 2. The van der Waals surface area contributed by atoms with Gasteiger partial charge in [-0.05, 0) is 32.4 Å². The van der Waals surface area contributed by atoms with Crippen molar-refractivity contribution < 1.29 is 24.1 Å². The van der Waals surface area contributed by atoms with Crippen molar-refractivity contribution in [2.45, 2.75) is 37.6 Å². The predicted molar refractivity (Wildman–Crippen MR) is 81.2 cm³/mol. The molecule has 0 saturated carbocycles. The van der Waals surface area contributed by atoms with Crippen molar-refractivity contribution >= 4 is 23.5 Å². The summed E-state index contributed by atoms with van der Waals surface area (Å²) < 4.78 is 5.52. The number of carbonyl (C=O) groups is 2. The molecular weight excluding hydrogens is 322 g/mol.